The third kappa shape index (κ3) is 5.84. The van der Waals surface area contributed by atoms with Gasteiger partial charge in [-0.1, -0.05) is 30.3 Å². The first-order valence-electron chi connectivity index (χ1n) is 13.2. The van der Waals surface area contributed by atoms with Crippen molar-refractivity contribution < 1.29 is 14.6 Å². The molecule has 1 amide bonds. The van der Waals surface area contributed by atoms with E-state index in [0.717, 1.165) is 50.2 Å². The first-order valence-corrected chi connectivity index (χ1v) is 13.2. The van der Waals surface area contributed by atoms with Gasteiger partial charge in [0.1, 0.15) is 16.9 Å². The van der Waals surface area contributed by atoms with Gasteiger partial charge in [0.15, 0.2) is 0 Å². The average molecular weight is 539 g/mol. The number of carbonyl (C=O) groups excluding carboxylic acids is 1. The molecule has 0 bridgehead atoms. The van der Waals surface area contributed by atoms with Gasteiger partial charge in [0.05, 0.1) is 13.2 Å². The van der Waals surface area contributed by atoms with Gasteiger partial charge in [-0.15, -0.1) is 0 Å². The van der Waals surface area contributed by atoms with Crippen molar-refractivity contribution in [2.24, 2.45) is 0 Å². The zero-order chi connectivity index (χ0) is 28.4. The van der Waals surface area contributed by atoms with Crippen LogP contribution in [-0.2, 0) is 17.9 Å². The molecule has 0 unspecified atom stereocenters. The summed E-state index contributed by atoms with van der Waals surface area (Å²) in [6.07, 6.45) is 3.41. The molecule has 9 heteroatoms. The number of nitrogens with one attached hydrogen (secondary N) is 1. The number of ether oxygens (including phenoxy) is 1. The number of aliphatic hydroxyl groups excluding tert-OH is 1. The van der Waals surface area contributed by atoms with Crippen LogP contribution >= 0.6 is 0 Å². The minimum absolute atomic E-state index is 0.0230. The van der Waals surface area contributed by atoms with Crippen LogP contribution in [0.1, 0.15) is 26.3 Å². The van der Waals surface area contributed by atoms with E-state index in [1.54, 1.807) is 18.1 Å². The summed E-state index contributed by atoms with van der Waals surface area (Å²) in [4.78, 5) is 22.0. The maximum absolute atomic E-state index is 12.5. The number of aliphatic hydroxyl groups is 1. The number of carbonyl (C=O) groups is 1. The number of amides is 1. The van der Waals surface area contributed by atoms with E-state index in [4.69, 9.17) is 15.6 Å². The number of rotatable bonds is 7. The van der Waals surface area contributed by atoms with E-state index in [0.29, 0.717) is 18.8 Å². The summed E-state index contributed by atoms with van der Waals surface area (Å²) in [7, 11) is 1.72. The van der Waals surface area contributed by atoms with Gasteiger partial charge in [0.2, 0.25) is 0 Å². The van der Waals surface area contributed by atoms with Crippen LogP contribution in [0, 0.1) is 0 Å². The summed E-state index contributed by atoms with van der Waals surface area (Å²) in [5, 5.41) is 15.5. The molecular formula is C31H34N6O3. The van der Waals surface area contributed by atoms with E-state index in [2.05, 4.69) is 16.0 Å². The van der Waals surface area contributed by atoms with E-state index in [1.807, 2.05) is 86.2 Å². The topological polar surface area (TPSA) is 122 Å². The number of anilines is 1. The quantitative estimate of drug-likeness (QED) is 0.229. The standard InChI is InChI=1S/C31H34N6O3/c1-31(2,3)40-30(39)36(4)14-15-37-18-26(28(35-37)21-8-10-23(32)11-9-21)24-12-13-33-29-25(24)17-27(34-29)22-7-5-6-20(16-22)19-38/h5-13,16-18,38H,14-15,19,32H2,1-4H3,(H,33,34). The van der Waals surface area contributed by atoms with Crippen molar-refractivity contribution in [3.8, 4) is 33.6 Å². The maximum atomic E-state index is 12.5. The Balaban J connectivity index is 1.53. The monoisotopic (exact) mass is 538 g/mol. The third-order valence-corrected chi connectivity index (χ3v) is 6.56. The first kappa shape index (κ1) is 27.0. The van der Waals surface area contributed by atoms with E-state index in [-0.39, 0.29) is 12.7 Å². The number of aromatic amines is 1. The maximum Gasteiger partial charge on any atom is 0.410 e. The molecule has 0 fully saturated rings. The molecule has 2 aromatic carbocycles. The summed E-state index contributed by atoms with van der Waals surface area (Å²) >= 11 is 0. The minimum atomic E-state index is -0.561. The molecule has 40 heavy (non-hydrogen) atoms. The number of fused-ring (bicyclic) bond motifs is 1. The summed E-state index contributed by atoms with van der Waals surface area (Å²) in [5.74, 6) is 0. The van der Waals surface area contributed by atoms with Gasteiger partial charge < -0.3 is 25.5 Å². The molecule has 0 aliphatic rings. The van der Waals surface area contributed by atoms with Crippen LogP contribution in [0.2, 0.25) is 0 Å². The average Bonchev–Trinajstić information content (AvgIpc) is 3.56. The number of hydrogen-bond donors (Lipinski definition) is 3. The lowest BCUT2D eigenvalue weighted by molar-refractivity contribution is 0.0292. The highest BCUT2D eigenvalue weighted by Crippen LogP contribution is 2.37. The van der Waals surface area contributed by atoms with Gasteiger partial charge in [-0.25, -0.2) is 9.78 Å². The summed E-state index contributed by atoms with van der Waals surface area (Å²) < 4.78 is 7.34. The Morgan fingerprint density at radius 3 is 2.58 bits per heavy atom. The fraction of sp³-hybridized carbons (Fsp3) is 0.258. The Morgan fingerprint density at radius 1 is 1.07 bits per heavy atom. The van der Waals surface area contributed by atoms with Crippen molar-refractivity contribution in [3.63, 3.8) is 0 Å². The number of hydrogen-bond acceptors (Lipinski definition) is 6. The normalized spacial score (nSPS) is 11.6. The van der Waals surface area contributed by atoms with Crippen LogP contribution in [-0.4, -0.2) is 55.0 Å². The van der Waals surface area contributed by atoms with Gasteiger partial charge in [-0.05, 0) is 67.8 Å². The van der Waals surface area contributed by atoms with E-state index in [9.17, 15) is 9.90 Å². The molecule has 5 aromatic rings. The van der Waals surface area contributed by atoms with Crippen molar-refractivity contribution in [2.75, 3.05) is 19.3 Å². The lowest BCUT2D eigenvalue weighted by Gasteiger charge is -2.24. The number of nitrogens with two attached hydrogens (primary N) is 1. The molecule has 0 aliphatic carbocycles. The molecule has 0 radical (unpaired) electrons. The zero-order valence-corrected chi connectivity index (χ0v) is 23.2. The molecule has 3 aromatic heterocycles. The Labute approximate surface area is 233 Å². The predicted octanol–water partition coefficient (Wildman–Crippen LogP) is 5.70. The lowest BCUT2D eigenvalue weighted by Crippen LogP contribution is -2.36. The molecule has 3 heterocycles. The molecule has 0 atom stereocenters. The Bertz CT molecular complexity index is 1650. The molecule has 0 saturated carbocycles. The molecule has 5 rings (SSSR count). The second kappa shape index (κ2) is 10.9. The number of aromatic nitrogens is 4. The van der Waals surface area contributed by atoms with Gasteiger partial charge in [-0.2, -0.15) is 5.10 Å². The van der Waals surface area contributed by atoms with Crippen LogP contribution in [0.4, 0.5) is 10.5 Å². The summed E-state index contributed by atoms with van der Waals surface area (Å²) in [6.45, 7) is 6.44. The highest BCUT2D eigenvalue weighted by Gasteiger charge is 2.21. The molecule has 0 saturated heterocycles. The molecule has 9 nitrogen and oxygen atoms in total. The second-order valence-corrected chi connectivity index (χ2v) is 10.8. The Morgan fingerprint density at radius 2 is 1.85 bits per heavy atom. The largest absolute Gasteiger partial charge is 0.444 e. The third-order valence-electron chi connectivity index (χ3n) is 6.56. The molecule has 206 valence electrons. The van der Waals surface area contributed by atoms with Crippen molar-refractivity contribution in [1.82, 2.24) is 24.6 Å². The number of H-pyrrole nitrogens is 1. The smallest absolute Gasteiger partial charge is 0.410 e. The first-order chi connectivity index (χ1) is 19.1. The van der Waals surface area contributed by atoms with Crippen LogP contribution < -0.4 is 5.73 Å². The van der Waals surface area contributed by atoms with Crippen LogP contribution in [0.5, 0.6) is 0 Å². The Kier molecular flexibility index (Phi) is 7.32. The fourth-order valence-corrected chi connectivity index (χ4v) is 4.53. The predicted molar refractivity (Wildman–Crippen MR) is 157 cm³/mol. The highest BCUT2D eigenvalue weighted by molar-refractivity contribution is 5.99. The zero-order valence-electron chi connectivity index (χ0n) is 23.2. The van der Waals surface area contributed by atoms with Gasteiger partial charge in [-0.3, -0.25) is 4.68 Å². The van der Waals surface area contributed by atoms with Crippen molar-refractivity contribution >= 4 is 22.8 Å². The van der Waals surface area contributed by atoms with Crippen LogP contribution in [0.25, 0.3) is 44.7 Å². The molecule has 0 aliphatic heterocycles. The van der Waals surface area contributed by atoms with Crippen molar-refractivity contribution in [1.29, 1.82) is 0 Å². The fourth-order valence-electron chi connectivity index (χ4n) is 4.53. The number of benzene rings is 2. The van der Waals surface area contributed by atoms with E-state index in [1.165, 1.54) is 0 Å². The Hall–Kier alpha value is -4.63. The molecule has 4 N–H and O–H groups in total. The molecule has 0 spiro atoms. The number of nitrogen functional groups attached to an aromatic ring is 1. The van der Waals surface area contributed by atoms with Gasteiger partial charge >= 0.3 is 6.09 Å². The van der Waals surface area contributed by atoms with E-state index >= 15 is 0 Å². The second-order valence-electron chi connectivity index (χ2n) is 10.8. The highest BCUT2D eigenvalue weighted by atomic mass is 16.6. The lowest BCUT2D eigenvalue weighted by atomic mass is 10.00. The number of likely N-dealkylation sites (N-methyl/N-ethyl adjacent to an activating group) is 1. The van der Waals surface area contributed by atoms with Gasteiger partial charge in [0, 0.05) is 53.9 Å². The van der Waals surface area contributed by atoms with E-state index < -0.39 is 5.60 Å². The SMILES string of the molecule is CN(CCn1cc(-c2ccnc3[nH]c(-c4cccc(CO)c4)cc23)c(-c2ccc(N)cc2)n1)C(=O)OC(C)(C)C. The summed E-state index contributed by atoms with van der Waals surface area (Å²) in [5.41, 5.74) is 13.2. The van der Waals surface area contributed by atoms with Crippen LogP contribution in [0.15, 0.2) is 73.1 Å². The number of pyridine rings is 1. The van der Waals surface area contributed by atoms with Gasteiger partial charge in [0.25, 0.3) is 0 Å². The molecular weight excluding hydrogens is 504 g/mol. The number of nitrogens with zero attached hydrogens (tertiary/aromatic N) is 4. The van der Waals surface area contributed by atoms with Crippen molar-refractivity contribution in [3.05, 3.63) is 78.6 Å². The van der Waals surface area contributed by atoms with Crippen LogP contribution in [0.3, 0.4) is 0 Å². The summed E-state index contributed by atoms with van der Waals surface area (Å²) in [6, 6.07) is 19.5. The minimum Gasteiger partial charge on any atom is -0.444 e. The van der Waals surface area contributed by atoms with Crippen molar-refractivity contribution in [2.45, 2.75) is 39.5 Å².